The molecule has 0 aromatic rings. The van der Waals surface area contributed by atoms with E-state index in [1.807, 2.05) is 6.92 Å². The van der Waals surface area contributed by atoms with Crippen molar-refractivity contribution in [2.75, 3.05) is 13.7 Å². The topological polar surface area (TPSA) is 64.6 Å². The van der Waals surface area contributed by atoms with Crippen LogP contribution in [0.5, 0.6) is 0 Å². The van der Waals surface area contributed by atoms with Gasteiger partial charge in [0.15, 0.2) is 0 Å². The van der Waals surface area contributed by atoms with Crippen molar-refractivity contribution >= 4 is 12.1 Å². The second kappa shape index (κ2) is 8.77. The summed E-state index contributed by atoms with van der Waals surface area (Å²) in [6.07, 6.45) is 6.81. The van der Waals surface area contributed by atoms with Gasteiger partial charge in [0, 0.05) is 0 Å². The van der Waals surface area contributed by atoms with Crippen LogP contribution in [0.25, 0.3) is 0 Å². The highest BCUT2D eigenvalue weighted by atomic mass is 16.6. The Kier molecular flexibility index (Phi) is 7.30. The minimum atomic E-state index is -0.586. The lowest BCUT2D eigenvalue weighted by atomic mass is 9.85. The molecule has 5 nitrogen and oxygen atoms in total. The molecule has 0 heterocycles. The average molecular weight is 271 g/mol. The van der Waals surface area contributed by atoms with Gasteiger partial charge in [-0.25, -0.2) is 9.59 Å². The Morgan fingerprint density at radius 3 is 2.53 bits per heavy atom. The largest absolute Gasteiger partial charge is 0.467 e. The average Bonchev–Trinajstić information content (AvgIpc) is 2.44. The number of nitrogens with one attached hydrogen (secondary N) is 1. The van der Waals surface area contributed by atoms with Gasteiger partial charge in [-0.2, -0.15) is 0 Å². The summed E-state index contributed by atoms with van der Waals surface area (Å²) in [4.78, 5) is 23.2. The molecule has 0 spiro atoms. The van der Waals surface area contributed by atoms with E-state index in [0.717, 1.165) is 19.3 Å². The Balaban J connectivity index is 2.46. The summed E-state index contributed by atoms with van der Waals surface area (Å²) in [7, 11) is 1.34. The first-order valence-corrected chi connectivity index (χ1v) is 7.18. The summed E-state index contributed by atoms with van der Waals surface area (Å²) in [6, 6.07) is -0.586. The molecule has 1 unspecified atom stereocenters. The van der Waals surface area contributed by atoms with Crippen molar-refractivity contribution in [3.8, 4) is 0 Å². The minimum Gasteiger partial charge on any atom is -0.467 e. The Bertz CT molecular complexity index is 287. The Morgan fingerprint density at radius 2 is 1.95 bits per heavy atom. The summed E-state index contributed by atoms with van der Waals surface area (Å²) < 4.78 is 9.70. The third-order valence-electron chi connectivity index (χ3n) is 3.51. The molecule has 1 aliphatic carbocycles. The standard InChI is InChI=1S/C14H25NO4/c1-3-9-19-14(17)15-12(13(16)18-2)10-11-7-5-4-6-8-11/h11-12H,3-10H2,1-2H3,(H,15,17). The number of hydrogen-bond donors (Lipinski definition) is 1. The number of methoxy groups -OCH3 is 1. The van der Waals surface area contributed by atoms with Crippen molar-refractivity contribution in [2.24, 2.45) is 5.92 Å². The van der Waals surface area contributed by atoms with Gasteiger partial charge in [-0.1, -0.05) is 39.0 Å². The number of ether oxygens (including phenoxy) is 2. The molecule has 1 rings (SSSR count). The van der Waals surface area contributed by atoms with E-state index in [4.69, 9.17) is 9.47 Å². The zero-order valence-electron chi connectivity index (χ0n) is 11.9. The van der Waals surface area contributed by atoms with Gasteiger partial charge in [0.05, 0.1) is 13.7 Å². The van der Waals surface area contributed by atoms with Crippen molar-refractivity contribution in [2.45, 2.75) is 57.9 Å². The molecule has 5 heteroatoms. The molecule has 0 aromatic carbocycles. The molecule has 1 N–H and O–H groups in total. The van der Waals surface area contributed by atoms with E-state index in [1.165, 1.54) is 26.4 Å². The van der Waals surface area contributed by atoms with Crippen LogP contribution in [0.2, 0.25) is 0 Å². The van der Waals surface area contributed by atoms with Crippen LogP contribution in [0.3, 0.4) is 0 Å². The van der Waals surface area contributed by atoms with Gasteiger partial charge in [0.2, 0.25) is 0 Å². The number of carbonyl (C=O) groups excluding carboxylic acids is 2. The summed E-state index contributed by atoms with van der Waals surface area (Å²) in [5.41, 5.74) is 0. The minimum absolute atomic E-state index is 0.364. The monoisotopic (exact) mass is 271 g/mol. The van der Waals surface area contributed by atoms with Crippen LogP contribution in [-0.4, -0.2) is 31.8 Å². The van der Waals surface area contributed by atoms with Crippen molar-refractivity contribution in [1.29, 1.82) is 0 Å². The molecular formula is C14H25NO4. The van der Waals surface area contributed by atoms with Gasteiger partial charge in [0.25, 0.3) is 0 Å². The fraction of sp³-hybridized carbons (Fsp3) is 0.857. The molecule has 0 aromatic heterocycles. The number of carbonyl (C=O) groups is 2. The van der Waals surface area contributed by atoms with Crippen molar-refractivity contribution in [3.05, 3.63) is 0 Å². The summed E-state index contributed by atoms with van der Waals surface area (Å²) in [5, 5.41) is 2.61. The van der Waals surface area contributed by atoms with Crippen molar-refractivity contribution in [1.82, 2.24) is 5.32 Å². The molecule has 0 bridgehead atoms. The first-order chi connectivity index (χ1) is 9.17. The molecule has 1 amide bonds. The van der Waals surface area contributed by atoms with Crippen LogP contribution in [-0.2, 0) is 14.3 Å². The molecule has 0 radical (unpaired) electrons. The van der Waals surface area contributed by atoms with Gasteiger partial charge >= 0.3 is 12.1 Å². The number of amides is 1. The second-order valence-corrected chi connectivity index (χ2v) is 5.10. The number of hydrogen-bond acceptors (Lipinski definition) is 4. The predicted octanol–water partition coefficient (Wildman–Crippen LogP) is 2.63. The molecule has 1 fully saturated rings. The highest BCUT2D eigenvalue weighted by Gasteiger charge is 2.26. The molecule has 1 aliphatic rings. The molecule has 1 saturated carbocycles. The highest BCUT2D eigenvalue weighted by Crippen LogP contribution is 2.27. The molecule has 19 heavy (non-hydrogen) atoms. The SMILES string of the molecule is CCCOC(=O)NC(CC1CCCCC1)C(=O)OC. The van der Waals surface area contributed by atoms with Crippen molar-refractivity contribution in [3.63, 3.8) is 0 Å². The fourth-order valence-electron chi connectivity index (χ4n) is 2.49. The molecular weight excluding hydrogens is 246 g/mol. The molecule has 0 saturated heterocycles. The summed E-state index contributed by atoms with van der Waals surface area (Å²) in [6.45, 7) is 2.29. The van der Waals surface area contributed by atoms with Crippen LogP contribution in [0.15, 0.2) is 0 Å². The third-order valence-corrected chi connectivity index (χ3v) is 3.51. The predicted molar refractivity (Wildman–Crippen MR) is 71.8 cm³/mol. The van der Waals surface area contributed by atoms with Gasteiger partial charge in [-0.05, 0) is 18.8 Å². The van der Waals surface area contributed by atoms with Crippen LogP contribution >= 0.6 is 0 Å². The van der Waals surface area contributed by atoms with E-state index in [9.17, 15) is 9.59 Å². The zero-order valence-corrected chi connectivity index (χ0v) is 11.9. The smallest absolute Gasteiger partial charge is 0.407 e. The van der Waals surface area contributed by atoms with Crippen LogP contribution < -0.4 is 5.32 Å². The van der Waals surface area contributed by atoms with Crippen LogP contribution in [0.4, 0.5) is 4.79 Å². The van der Waals surface area contributed by atoms with E-state index in [0.29, 0.717) is 18.9 Å². The summed E-state index contributed by atoms with van der Waals surface area (Å²) >= 11 is 0. The van der Waals surface area contributed by atoms with Gasteiger partial charge in [0.1, 0.15) is 6.04 Å². The lowest BCUT2D eigenvalue weighted by Gasteiger charge is -2.25. The molecule has 1 atom stereocenters. The fourth-order valence-corrected chi connectivity index (χ4v) is 2.49. The lowest BCUT2D eigenvalue weighted by molar-refractivity contribution is -0.143. The van der Waals surface area contributed by atoms with E-state index >= 15 is 0 Å². The number of esters is 1. The number of rotatable bonds is 6. The maximum Gasteiger partial charge on any atom is 0.407 e. The Hall–Kier alpha value is -1.26. The Morgan fingerprint density at radius 1 is 1.26 bits per heavy atom. The summed E-state index contributed by atoms with van der Waals surface area (Å²) in [5.74, 6) is 0.100. The first kappa shape index (κ1) is 15.8. The second-order valence-electron chi connectivity index (χ2n) is 5.10. The normalized spacial score (nSPS) is 17.6. The first-order valence-electron chi connectivity index (χ1n) is 7.18. The number of alkyl carbamates (subject to hydrolysis) is 1. The van der Waals surface area contributed by atoms with Crippen LogP contribution in [0.1, 0.15) is 51.9 Å². The zero-order chi connectivity index (χ0) is 14.1. The quantitative estimate of drug-likeness (QED) is 0.754. The van der Waals surface area contributed by atoms with Crippen LogP contribution in [0, 0.1) is 5.92 Å². The van der Waals surface area contributed by atoms with Crippen molar-refractivity contribution < 1.29 is 19.1 Å². The van der Waals surface area contributed by atoms with E-state index in [2.05, 4.69) is 5.32 Å². The third kappa shape index (κ3) is 5.94. The molecule has 110 valence electrons. The van der Waals surface area contributed by atoms with Gasteiger partial charge < -0.3 is 14.8 Å². The maximum atomic E-state index is 11.7. The maximum absolute atomic E-state index is 11.7. The lowest BCUT2D eigenvalue weighted by Crippen LogP contribution is -2.43. The van der Waals surface area contributed by atoms with Gasteiger partial charge in [-0.15, -0.1) is 0 Å². The van der Waals surface area contributed by atoms with E-state index in [-0.39, 0.29) is 5.97 Å². The highest BCUT2D eigenvalue weighted by molar-refractivity contribution is 5.81. The molecule has 0 aliphatic heterocycles. The van der Waals surface area contributed by atoms with E-state index in [1.54, 1.807) is 0 Å². The van der Waals surface area contributed by atoms with Gasteiger partial charge in [-0.3, -0.25) is 0 Å². The van der Waals surface area contributed by atoms with E-state index < -0.39 is 12.1 Å². The Labute approximate surface area is 115 Å².